The van der Waals surface area contributed by atoms with Crippen LogP contribution in [-0.2, 0) is 12.8 Å². The molecule has 5 nitrogen and oxygen atoms in total. The molecule has 2 unspecified atom stereocenters. The van der Waals surface area contributed by atoms with Gasteiger partial charge in [0.05, 0.1) is 25.3 Å². The molecule has 0 radical (unpaired) electrons. The van der Waals surface area contributed by atoms with Crippen molar-refractivity contribution < 1.29 is 28.2 Å². The summed E-state index contributed by atoms with van der Waals surface area (Å²) in [5.41, 5.74) is 2.89. The van der Waals surface area contributed by atoms with Crippen LogP contribution in [0.3, 0.4) is 0 Å². The van der Waals surface area contributed by atoms with Crippen molar-refractivity contribution >= 4 is 0 Å². The first kappa shape index (κ1) is 17.8. The maximum absolute atomic E-state index is 14.0. The Kier molecular flexibility index (Phi) is 4.21. The standard InChI is InChI=1S/C22H25FNO4/c1-26-22-20-15(11-19-21(22)28-13-27-19)6-7-24(8-9-24)18(20)12-16(25)10-14-4-2-3-5-17(14)23/h2-5,11,16,18,25H,6-10,12-13H2,1H3/q+1. The van der Waals surface area contributed by atoms with Gasteiger partial charge in [0.1, 0.15) is 24.9 Å². The van der Waals surface area contributed by atoms with Gasteiger partial charge in [-0.15, -0.1) is 0 Å². The molecule has 0 bridgehead atoms. The van der Waals surface area contributed by atoms with E-state index in [9.17, 15) is 9.50 Å². The number of nitrogens with zero attached hydrogens (tertiary/aromatic N) is 1. The zero-order valence-corrected chi connectivity index (χ0v) is 16.0. The van der Waals surface area contributed by atoms with Gasteiger partial charge in [-0.3, -0.25) is 0 Å². The van der Waals surface area contributed by atoms with Crippen LogP contribution in [0, 0.1) is 5.82 Å². The number of quaternary nitrogens is 1. The van der Waals surface area contributed by atoms with E-state index < -0.39 is 6.10 Å². The van der Waals surface area contributed by atoms with Crippen LogP contribution < -0.4 is 14.2 Å². The molecule has 1 spiro atoms. The monoisotopic (exact) mass is 386 g/mol. The molecular formula is C22H25FNO4+. The van der Waals surface area contributed by atoms with Gasteiger partial charge in [0.2, 0.25) is 12.5 Å². The smallest absolute Gasteiger partial charge is 0.231 e. The van der Waals surface area contributed by atoms with E-state index in [2.05, 4.69) is 6.07 Å². The number of ether oxygens (including phenoxy) is 3. The number of halogens is 1. The Balaban J connectivity index is 1.48. The average Bonchev–Trinajstić information content (AvgIpc) is 3.31. The van der Waals surface area contributed by atoms with E-state index in [1.54, 1.807) is 19.2 Å². The highest BCUT2D eigenvalue weighted by Gasteiger charge is 2.54. The van der Waals surface area contributed by atoms with Crippen molar-refractivity contribution in [1.82, 2.24) is 0 Å². The van der Waals surface area contributed by atoms with Crippen molar-refractivity contribution in [2.45, 2.75) is 31.4 Å². The highest BCUT2D eigenvalue weighted by molar-refractivity contribution is 5.61. The minimum absolute atomic E-state index is 0.120. The predicted octanol–water partition coefficient (Wildman–Crippen LogP) is 2.98. The molecule has 0 amide bonds. The summed E-state index contributed by atoms with van der Waals surface area (Å²) < 4.78 is 32.0. The molecule has 0 aliphatic carbocycles. The molecule has 1 fully saturated rings. The first-order valence-electron chi connectivity index (χ1n) is 9.88. The fourth-order valence-electron chi connectivity index (χ4n) is 4.89. The normalized spacial score (nSPS) is 22.0. The van der Waals surface area contributed by atoms with Crippen LogP contribution in [-0.4, -0.2) is 49.2 Å². The third kappa shape index (κ3) is 2.83. The second-order valence-electron chi connectivity index (χ2n) is 8.06. The number of rotatable bonds is 5. The molecule has 2 aromatic carbocycles. The summed E-state index contributed by atoms with van der Waals surface area (Å²) in [5, 5.41) is 10.8. The van der Waals surface area contributed by atoms with Crippen molar-refractivity contribution in [2.75, 3.05) is 33.5 Å². The summed E-state index contributed by atoms with van der Waals surface area (Å²) in [6.45, 7) is 3.46. The molecule has 0 saturated carbocycles. The molecule has 2 atom stereocenters. The summed E-state index contributed by atoms with van der Waals surface area (Å²) >= 11 is 0. The summed E-state index contributed by atoms with van der Waals surface area (Å²) in [7, 11) is 1.66. The Morgan fingerprint density at radius 3 is 2.82 bits per heavy atom. The molecular weight excluding hydrogens is 361 g/mol. The second-order valence-corrected chi connectivity index (χ2v) is 8.06. The van der Waals surface area contributed by atoms with Gasteiger partial charge < -0.3 is 23.8 Å². The van der Waals surface area contributed by atoms with Crippen molar-refractivity contribution in [2.24, 2.45) is 0 Å². The van der Waals surface area contributed by atoms with E-state index in [-0.39, 0.29) is 18.7 Å². The van der Waals surface area contributed by atoms with E-state index in [0.717, 1.165) is 47.6 Å². The largest absolute Gasteiger partial charge is 0.492 e. The minimum Gasteiger partial charge on any atom is -0.492 e. The minimum atomic E-state index is -0.626. The molecule has 0 aromatic heterocycles. The molecule has 28 heavy (non-hydrogen) atoms. The summed E-state index contributed by atoms with van der Waals surface area (Å²) in [4.78, 5) is 0. The van der Waals surface area contributed by atoms with Crippen molar-refractivity contribution in [3.8, 4) is 17.2 Å². The van der Waals surface area contributed by atoms with Gasteiger partial charge in [0.15, 0.2) is 11.5 Å². The SMILES string of the molecule is COc1c2c(cc3c1C(CC(O)Cc1ccccc1F)[N+]1(CC3)CC1)OCO2. The molecule has 3 aliphatic heterocycles. The van der Waals surface area contributed by atoms with E-state index in [1.165, 1.54) is 11.6 Å². The Bertz CT molecular complexity index is 912. The van der Waals surface area contributed by atoms with Gasteiger partial charge in [-0.25, -0.2) is 4.39 Å². The van der Waals surface area contributed by atoms with E-state index in [1.807, 2.05) is 6.07 Å². The second kappa shape index (κ2) is 6.64. The lowest BCUT2D eigenvalue weighted by atomic mass is 9.86. The number of hydrogen-bond donors (Lipinski definition) is 1. The fourth-order valence-corrected chi connectivity index (χ4v) is 4.89. The predicted molar refractivity (Wildman–Crippen MR) is 101 cm³/mol. The highest BCUT2D eigenvalue weighted by atomic mass is 19.1. The van der Waals surface area contributed by atoms with Crippen LogP contribution in [0.15, 0.2) is 30.3 Å². The number of aliphatic hydroxyl groups excluding tert-OH is 1. The third-order valence-corrected chi connectivity index (χ3v) is 6.48. The van der Waals surface area contributed by atoms with Crippen LogP contribution in [0.1, 0.15) is 29.2 Å². The van der Waals surface area contributed by atoms with Crippen LogP contribution in [0.2, 0.25) is 0 Å². The lowest BCUT2D eigenvalue weighted by Crippen LogP contribution is -2.40. The molecule has 3 aliphatic rings. The number of benzene rings is 2. The van der Waals surface area contributed by atoms with Crippen LogP contribution in [0.4, 0.5) is 4.39 Å². The summed E-state index contributed by atoms with van der Waals surface area (Å²) in [5.74, 6) is 1.87. The highest BCUT2D eigenvalue weighted by Crippen LogP contribution is 2.54. The van der Waals surface area contributed by atoms with Gasteiger partial charge in [0.25, 0.3) is 0 Å². The molecule has 3 heterocycles. The first-order chi connectivity index (χ1) is 13.6. The topological polar surface area (TPSA) is 47.9 Å². The Morgan fingerprint density at radius 2 is 2.07 bits per heavy atom. The summed E-state index contributed by atoms with van der Waals surface area (Å²) in [6.07, 6.45) is 1.21. The molecule has 1 saturated heterocycles. The number of methoxy groups -OCH3 is 1. The van der Waals surface area contributed by atoms with E-state index in [4.69, 9.17) is 14.2 Å². The van der Waals surface area contributed by atoms with Gasteiger partial charge in [-0.2, -0.15) is 0 Å². The third-order valence-electron chi connectivity index (χ3n) is 6.48. The van der Waals surface area contributed by atoms with Gasteiger partial charge in [0, 0.05) is 19.3 Å². The zero-order chi connectivity index (χ0) is 19.3. The Hall–Kier alpha value is -2.31. The maximum atomic E-state index is 14.0. The van der Waals surface area contributed by atoms with Crippen LogP contribution in [0.5, 0.6) is 17.2 Å². The zero-order valence-electron chi connectivity index (χ0n) is 16.0. The van der Waals surface area contributed by atoms with Gasteiger partial charge in [-0.05, 0) is 23.3 Å². The Morgan fingerprint density at radius 1 is 1.25 bits per heavy atom. The van der Waals surface area contributed by atoms with Crippen LogP contribution >= 0.6 is 0 Å². The van der Waals surface area contributed by atoms with Gasteiger partial charge >= 0.3 is 0 Å². The van der Waals surface area contributed by atoms with Crippen molar-refractivity contribution in [1.29, 1.82) is 0 Å². The lowest BCUT2D eigenvalue weighted by molar-refractivity contribution is -0.837. The lowest BCUT2D eigenvalue weighted by Gasteiger charge is -2.37. The van der Waals surface area contributed by atoms with Crippen LogP contribution in [0.25, 0.3) is 0 Å². The van der Waals surface area contributed by atoms with E-state index >= 15 is 0 Å². The number of fused-ring (bicyclic) bond motifs is 2. The molecule has 2 aromatic rings. The molecule has 6 heteroatoms. The molecule has 148 valence electrons. The molecule has 5 rings (SSSR count). The van der Waals surface area contributed by atoms with Crippen molar-refractivity contribution in [3.63, 3.8) is 0 Å². The average molecular weight is 386 g/mol. The fraction of sp³-hybridized carbons (Fsp3) is 0.455. The van der Waals surface area contributed by atoms with E-state index in [0.29, 0.717) is 24.2 Å². The summed E-state index contributed by atoms with van der Waals surface area (Å²) in [6, 6.07) is 8.86. The maximum Gasteiger partial charge on any atom is 0.231 e. The molecule has 1 N–H and O–H groups in total. The van der Waals surface area contributed by atoms with Gasteiger partial charge in [-0.1, -0.05) is 18.2 Å². The number of hydrogen-bond acceptors (Lipinski definition) is 4. The van der Waals surface area contributed by atoms with Crippen molar-refractivity contribution in [3.05, 3.63) is 52.8 Å². The Labute approximate surface area is 163 Å². The first-order valence-corrected chi connectivity index (χ1v) is 9.88. The number of aliphatic hydroxyl groups is 1. The quantitative estimate of drug-likeness (QED) is 0.634.